The van der Waals surface area contributed by atoms with Gasteiger partial charge in [-0.15, -0.1) is 0 Å². The average Bonchev–Trinajstić information content (AvgIpc) is 2.68. The summed E-state index contributed by atoms with van der Waals surface area (Å²) in [6.07, 6.45) is 0. The molecule has 0 unspecified atom stereocenters. The number of nitrogens with one attached hydrogen (secondary N) is 1. The van der Waals surface area contributed by atoms with Crippen molar-refractivity contribution < 1.29 is 14.8 Å². The molecule has 2 amide bonds. The maximum absolute atomic E-state index is 12.6. The van der Waals surface area contributed by atoms with Gasteiger partial charge in [0.25, 0.3) is 11.8 Å². The first-order chi connectivity index (χ1) is 11.7. The average molecular weight is 325 g/mol. The van der Waals surface area contributed by atoms with Gasteiger partial charge >= 0.3 is 0 Å². The molecule has 24 heavy (non-hydrogen) atoms. The second-order valence-corrected chi connectivity index (χ2v) is 5.63. The molecule has 0 spiro atoms. The number of hydroxylamine groups is 1. The van der Waals surface area contributed by atoms with E-state index in [4.69, 9.17) is 5.21 Å². The van der Waals surface area contributed by atoms with Crippen LogP contribution in [0.3, 0.4) is 0 Å². The molecule has 0 bridgehead atoms. The molecule has 124 valence electrons. The lowest BCUT2D eigenvalue weighted by atomic mass is 10.1. The zero-order chi connectivity index (χ0) is 16.9. The van der Waals surface area contributed by atoms with E-state index in [-0.39, 0.29) is 5.91 Å². The second kappa shape index (κ2) is 7.14. The quantitative estimate of drug-likeness (QED) is 0.666. The van der Waals surface area contributed by atoms with E-state index in [0.717, 1.165) is 13.1 Å². The number of piperazine rings is 1. The van der Waals surface area contributed by atoms with Crippen LogP contribution in [0.1, 0.15) is 20.7 Å². The number of anilines is 1. The predicted octanol–water partition coefficient (Wildman–Crippen LogP) is 1.77. The van der Waals surface area contributed by atoms with Crippen molar-refractivity contribution in [3.05, 3.63) is 65.7 Å². The van der Waals surface area contributed by atoms with Gasteiger partial charge in [0.15, 0.2) is 0 Å². The third-order valence-electron chi connectivity index (χ3n) is 4.18. The molecule has 0 aromatic heterocycles. The molecule has 2 aromatic rings. The highest BCUT2D eigenvalue weighted by Gasteiger charge is 2.22. The van der Waals surface area contributed by atoms with E-state index < -0.39 is 5.91 Å². The van der Waals surface area contributed by atoms with Gasteiger partial charge in [0.1, 0.15) is 0 Å². The first-order valence-electron chi connectivity index (χ1n) is 7.83. The van der Waals surface area contributed by atoms with E-state index >= 15 is 0 Å². The molecule has 2 N–H and O–H groups in total. The fraction of sp³-hybridized carbons (Fsp3) is 0.222. The Labute approximate surface area is 140 Å². The summed E-state index contributed by atoms with van der Waals surface area (Å²) in [5, 5.41) is 8.61. The molecule has 3 rings (SSSR count). The first kappa shape index (κ1) is 16.0. The number of hydrogen-bond acceptors (Lipinski definition) is 4. The van der Waals surface area contributed by atoms with Gasteiger partial charge in [-0.05, 0) is 36.4 Å². The fourth-order valence-electron chi connectivity index (χ4n) is 2.82. The molecule has 1 aliphatic heterocycles. The van der Waals surface area contributed by atoms with E-state index in [0.29, 0.717) is 24.2 Å². The van der Waals surface area contributed by atoms with Gasteiger partial charge < -0.3 is 9.80 Å². The maximum Gasteiger partial charge on any atom is 0.274 e. The highest BCUT2D eigenvalue weighted by Crippen LogP contribution is 2.17. The number of carbonyl (C=O) groups is 2. The normalized spacial score (nSPS) is 14.4. The van der Waals surface area contributed by atoms with E-state index in [1.165, 1.54) is 17.8 Å². The van der Waals surface area contributed by atoms with Crippen molar-refractivity contribution in [1.29, 1.82) is 0 Å². The minimum Gasteiger partial charge on any atom is -0.368 e. The predicted molar refractivity (Wildman–Crippen MR) is 90.3 cm³/mol. The van der Waals surface area contributed by atoms with Crippen molar-refractivity contribution in [3.8, 4) is 0 Å². The van der Waals surface area contributed by atoms with E-state index in [1.54, 1.807) is 17.6 Å². The van der Waals surface area contributed by atoms with Crippen LogP contribution in [0.4, 0.5) is 5.69 Å². The van der Waals surface area contributed by atoms with Crippen LogP contribution in [-0.4, -0.2) is 48.1 Å². The third-order valence-corrected chi connectivity index (χ3v) is 4.18. The van der Waals surface area contributed by atoms with Crippen LogP contribution in [0, 0.1) is 0 Å². The highest BCUT2D eigenvalue weighted by atomic mass is 16.5. The molecule has 1 saturated heterocycles. The lowest BCUT2D eigenvalue weighted by Crippen LogP contribution is -2.48. The van der Waals surface area contributed by atoms with E-state index in [2.05, 4.69) is 17.0 Å². The van der Waals surface area contributed by atoms with Crippen LogP contribution >= 0.6 is 0 Å². The molecule has 1 aliphatic rings. The molecule has 0 atom stereocenters. The minimum absolute atomic E-state index is 0.0429. The molecule has 0 saturated carbocycles. The number of benzene rings is 2. The standard InChI is InChI=1S/C18H19N3O3/c22-17(19-24)14-6-8-15(9-7-14)18(23)21-12-10-20(11-13-21)16-4-2-1-3-5-16/h1-9,24H,10-13H2,(H,19,22). The van der Waals surface area contributed by atoms with Crippen molar-refractivity contribution >= 4 is 17.5 Å². The molecule has 6 heteroatoms. The van der Waals surface area contributed by atoms with Crippen LogP contribution in [0.25, 0.3) is 0 Å². The SMILES string of the molecule is O=C(NO)c1ccc(C(=O)N2CCN(c3ccccc3)CC2)cc1. The summed E-state index contributed by atoms with van der Waals surface area (Å²) in [7, 11) is 0. The van der Waals surface area contributed by atoms with Crippen LogP contribution < -0.4 is 10.4 Å². The Morgan fingerprint density at radius 1 is 0.833 bits per heavy atom. The molecular formula is C18H19N3O3. The summed E-state index contributed by atoms with van der Waals surface area (Å²) in [5.41, 5.74) is 3.59. The van der Waals surface area contributed by atoms with Gasteiger partial charge in [-0.25, -0.2) is 5.48 Å². The summed E-state index contributed by atoms with van der Waals surface area (Å²) >= 11 is 0. The topological polar surface area (TPSA) is 72.9 Å². The largest absolute Gasteiger partial charge is 0.368 e. The van der Waals surface area contributed by atoms with Gasteiger partial charge in [-0.1, -0.05) is 18.2 Å². The highest BCUT2D eigenvalue weighted by molar-refractivity contribution is 5.97. The third kappa shape index (κ3) is 3.38. The van der Waals surface area contributed by atoms with Crippen LogP contribution in [0.2, 0.25) is 0 Å². The Morgan fingerprint density at radius 2 is 1.42 bits per heavy atom. The zero-order valence-corrected chi connectivity index (χ0v) is 13.2. The summed E-state index contributed by atoms with van der Waals surface area (Å²) in [4.78, 5) is 27.9. The van der Waals surface area contributed by atoms with Crippen molar-refractivity contribution in [2.24, 2.45) is 0 Å². The second-order valence-electron chi connectivity index (χ2n) is 5.63. The zero-order valence-electron chi connectivity index (χ0n) is 13.2. The molecule has 2 aromatic carbocycles. The number of carbonyl (C=O) groups excluding carboxylic acids is 2. The Kier molecular flexibility index (Phi) is 4.77. The molecule has 1 heterocycles. The van der Waals surface area contributed by atoms with E-state index in [9.17, 15) is 9.59 Å². The van der Waals surface area contributed by atoms with Crippen LogP contribution in [-0.2, 0) is 0 Å². The molecule has 1 fully saturated rings. The van der Waals surface area contributed by atoms with Crippen LogP contribution in [0.5, 0.6) is 0 Å². The number of hydrogen-bond donors (Lipinski definition) is 2. The number of para-hydroxylation sites is 1. The van der Waals surface area contributed by atoms with Crippen molar-refractivity contribution in [3.63, 3.8) is 0 Å². The van der Waals surface area contributed by atoms with Crippen LogP contribution in [0.15, 0.2) is 54.6 Å². The number of amides is 2. The van der Waals surface area contributed by atoms with Crippen molar-refractivity contribution in [1.82, 2.24) is 10.4 Å². The Hall–Kier alpha value is -2.86. The smallest absolute Gasteiger partial charge is 0.274 e. The molecule has 6 nitrogen and oxygen atoms in total. The fourth-order valence-corrected chi connectivity index (χ4v) is 2.82. The van der Waals surface area contributed by atoms with Gasteiger partial charge in [0.05, 0.1) is 0 Å². The molecule has 0 aliphatic carbocycles. The summed E-state index contributed by atoms with van der Waals surface area (Å²) in [6.45, 7) is 2.90. The summed E-state index contributed by atoms with van der Waals surface area (Å²) in [5.74, 6) is -0.635. The van der Waals surface area contributed by atoms with Gasteiger partial charge in [0.2, 0.25) is 0 Å². The summed E-state index contributed by atoms with van der Waals surface area (Å²) < 4.78 is 0. The number of nitrogens with zero attached hydrogens (tertiary/aromatic N) is 2. The lowest BCUT2D eigenvalue weighted by Gasteiger charge is -2.36. The van der Waals surface area contributed by atoms with Gasteiger partial charge in [0, 0.05) is 43.0 Å². The first-order valence-corrected chi connectivity index (χ1v) is 7.83. The van der Waals surface area contributed by atoms with E-state index in [1.807, 2.05) is 23.1 Å². The number of rotatable bonds is 3. The lowest BCUT2D eigenvalue weighted by molar-refractivity contribution is 0.0704. The summed E-state index contributed by atoms with van der Waals surface area (Å²) in [6, 6.07) is 16.4. The minimum atomic E-state index is -0.592. The Morgan fingerprint density at radius 3 is 2.00 bits per heavy atom. The maximum atomic E-state index is 12.6. The Balaban J connectivity index is 1.62. The van der Waals surface area contributed by atoms with Gasteiger partial charge in [-0.3, -0.25) is 14.8 Å². The van der Waals surface area contributed by atoms with Crippen molar-refractivity contribution in [2.75, 3.05) is 31.1 Å². The molecule has 0 radical (unpaired) electrons. The monoisotopic (exact) mass is 325 g/mol. The van der Waals surface area contributed by atoms with Gasteiger partial charge in [-0.2, -0.15) is 0 Å². The van der Waals surface area contributed by atoms with Crippen molar-refractivity contribution in [2.45, 2.75) is 0 Å². The Bertz CT molecular complexity index is 708. The molecular weight excluding hydrogens is 306 g/mol.